The fourth-order valence-corrected chi connectivity index (χ4v) is 9.44. The summed E-state index contributed by atoms with van der Waals surface area (Å²) in [6.45, 7) is 14.1. The first-order valence-corrected chi connectivity index (χ1v) is 21.3. The molecule has 4 N–H and O–H groups in total. The van der Waals surface area contributed by atoms with Crippen LogP contribution in [0.3, 0.4) is 0 Å². The number of amides is 1. The summed E-state index contributed by atoms with van der Waals surface area (Å²) in [7, 11) is 5.13. The van der Waals surface area contributed by atoms with E-state index in [4.69, 9.17) is 29.4 Å². The number of ketones is 1. The number of benzene rings is 1. The van der Waals surface area contributed by atoms with E-state index >= 15 is 4.39 Å². The molecule has 1 amide bonds. The van der Waals surface area contributed by atoms with Gasteiger partial charge in [-0.05, 0) is 93.5 Å². The number of rotatable bonds is 11. The molecule has 0 bridgehead atoms. The highest BCUT2D eigenvalue weighted by atomic mass is 19.1. The number of unbranched alkanes of at least 4 members (excludes halogenated alkanes) is 1. The monoisotopic (exact) mass is 846 g/mol. The zero-order valence-corrected chi connectivity index (χ0v) is 37.2. The molecule has 0 aliphatic carbocycles. The number of nitrogens with two attached hydrogens (primary N) is 1. The Hall–Kier alpha value is -3.74. The van der Waals surface area contributed by atoms with Crippen LogP contribution >= 0.6 is 0 Å². The number of aromatic nitrogens is 3. The minimum absolute atomic E-state index is 0.173. The molecule has 3 saturated heterocycles. The van der Waals surface area contributed by atoms with E-state index in [1.807, 2.05) is 64.2 Å². The van der Waals surface area contributed by atoms with Crippen LogP contribution in [0.4, 0.5) is 14.9 Å². The quantitative estimate of drug-likeness (QED) is 0.125. The number of aliphatic hydroxyl groups excluding tert-OH is 1. The van der Waals surface area contributed by atoms with Crippen molar-refractivity contribution >= 4 is 23.5 Å². The van der Waals surface area contributed by atoms with Crippen molar-refractivity contribution in [3.05, 3.63) is 30.5 Å². The number of cyclic esters (lactones) is 1. The van der Waals surface area contributed by atoms with Gasteiger partial charge < -0.3 is 44.7 Å². The molecule has 0 spiro atoms. The Morgan fingerprint density at radius 3 is 2.45 bits per heavy atom. The molecule has 0 saturated carbocycles. The third-order valence-electron chi connectivity index (χ3n) is 12.8. The molecule has 2 aromatic rings. The van der Waals surface area contributed by atoms with Gasteiger partial charge in [0.1, 0.15) is 29.5 Å². The van der Waals surface area contributed by atoms with Gasteiger partial charge in [0.25, 0.3) is 0 Å². The molecule has 13 atom stereocenters. The number of carbonyl (C=O) groups is 3. The molecule has 3 aliphatic heterocycles. The average Bonchev–Trinajstić information content (AvgIpc) is 3.77. The van der Waals surface area contributed by atoms with Crippen LogP contribution in [-0.4, -0.2) is 148 Å². The number of esters is 1. The van der Waals surface area contributed by atoms with Crippen molar-refractivity contribution in [2.24, 2.45) is 11.8 Å². The van der Waals surface area contributed by atoms with E-state index in [1.54, 1.807) is 36.4 Å². The standard InChI is InChI=1S/C43H68FN7O9/c1-12-33-43(8)36(51(40(55)60-43)19-14-13-18-50-22-31(47-48-50)29-16-15-17-30(45)21-29)28(5)46-24-41(6,44)23-42(7,56-11)37(26(3)34(52)27(4)38(54)58-33)59-39-35(53)32(49(9)10)20-25(2)57-39/h15-17,21-22,25-28,32-33,35-37,39,46,53H,12-14,18-20,23-24,45H2,1-11H3/t25?,26-,27+,28+,32?,33+,35?,36+,37+,39-,41?,42+,43+/m0/s1. The smallest absolute Gasteiger partial charge is 0.410 e. The van der Waals surface area contributed by atoms with Gasteiger partial charge in [0.2, 0.25) is 0 Å². The van der Waals surface area contributed by atoms with Gasteiger partial charge in [-0.25, -0.2) is 9.18 Å². The zero-order valence-electron chi connectivity index (χ0n) is 37.2. The van der Waals surface area contributed by atoms with Gasteiger partial charge in [0.05, 0.1) is 30.0 Å². The lowest BCUT2D eigenvalue weighted by molar-refractivity contribution is -0.296. The minimum atomic E-state index is -1.95. The highest BCUT2D eigenvalue weighted by Crippen LogP contribution is 2.41. The highest BCUT2D eigenvalue weighted by molar-refractivity contribution is 6.00. The van der Waals surface area contributed by atoms with Gasteiger partial charge in [0.15, 0.2) is 17.7 Å². The number of carbonyl (C=O) groups excluding carboxylic acids is 3. The Bertz CT molecular complexity index is 1800. The van der Waals surface area contributed by atoms with Gasteiger partial charge in [-0.2, -0.15) is 0 Å². The summed E-state index contributed by atoms with van der Waals surface area (Å²) >= 11 is 0. The first kappa shape index (κ1) is 47.3. The van der Waals surface area contributed by atoms with Gasteiger partial charge in [-0.3, -0.25) is 19.2 Å². The lowest BCUT2D eigenvalue weighted by Gasteiger charge is -2.47. The number of aliphatic hydroxyl groups is 1. The molecule has 17 heteroatoms. The third-order valence-corrected chi connectivity index (χ3v) is 12.8. The van der Waals surface area contributed by atoms with Crippen molar-refractivity contribution in [2.75, 3.05) is 40.0 Å². The number of nitrogens with one attached hydrogen (secondary N) is 1. The third kappa shape index (κ3) is 10.3. The number of hydrogen-bond acceptors (Lipinski definition) is 14. The van der Waals surface area contributed by atoms with E-state index in [0.29, 0.717) is 43.7 Å². The number of nitrogens with zero attached hydrogens (tertiary/aromatic N) is 5. The lowest BCUT2D eigenvalue weighted by atomic mass is 9.77. The second-order valence-corrected chi connectivity index (χ2v) is 18.0. The zero-order chi connectivity index (χ0) is 44.3. The molecular weight excluding hydrogens is 778 g/mol. The first-order valence-electron chi connectivity index (χ1n) is 21.3. The first-order chi connectivity index (χ1) is 28.1. The number of methoxy groups -OCH3 is 1. The van der Waals surface area contributed by atoms with Crippen molar-refractivity contribution in [1.82, 2.24) is 30.1 Å². The Labute approximate surface area is 353 Å². The molecular formula is C43H68FN7O9. The second kappa shape index (κ2) is 19.1. The number of aryl methyl sites for hydroxylation is 1. The maximum Gasteiger partial charge on any atom is 0.410 e. The number of hydrogen-bond donors (Lipinski definition) is 3. The molecule has 3 aliphatic rings. The van der Waals surface area contributed by atoms with E-state index in [0.717, 1.165) is 5.56 Å². The predicted molar refractivity (Wildman–Crippen MR) is 222 cm³/mol. The van der Waals surface area contributed by atoms with E-state index in [9.17, 15) is 19.5 Å². The van der Waals surface area contributed by atoms with Crippen LogP contribution in [0.2, 0.25) is 0 Å². The van der Waals surface area contributed by atoms with Crippen LogP contribution < -0.4 is 11.1 Å². The highest BCUT2D eigenvalue weighted by Gasteiger charge is 2.59. The second-order valence-electron chi connectivity index (χ2n) is 18.0. The van der Waals surface area contributed by atoms with Crippen LogP contribution in [0.25, 0.3) is 11.3 Å². The maximum atomic E-state index is 17.1. The van der Waals surface area contributed by atoms with E-state index in [1.165, 1.54) is 21.0 Å². The van der Waals surface area contributed by atoms with Crippen LogP contribution in [0, 0.1) is 11.8 Å². The van der Waals surface area contributed by atoms with Crippen molar-refractivity contribution < 1.29 is 47.6 Å². The normalized spacial score (nSPS) is 37.3. The van der Waals surface area contributed by atoms with Crippen LogP contribution in [0.15, 0.2) is 30.5 Å². The number of anilines is 1. The number of nitrogen functional groups attached to an aromatic ring is 1. The van der Waals surface area contributed by atoms with E-state index in [-0.39, 0.29) is 31.5 Å². The van der Waals surface area contributed by atoms with Crippen LogP contribution in [0.1, 0.15) is 87.5 Å². The number of fused-ring (bicyclic) bond motifs is 1. The number of halogens is 1. The fraction of sp³-hybridized carbons (Fsp3) is 0.744. The van der Waals surface area contributed by atoms with Gasteiger partial charge >= 0.3 is 12.1 Å². The van der Waals surface area contributed by atoms with Gasteiger partial charge in [0, 0.05) is 62.4 Å². The summed E-state index contributed by atoms with van der Waals surface area (Å²) in [5, 5.41) is 23.3. The molecule has 3 fully saturated rings. The van der Waals surface area contributed by atoms with Crippen molar-refractivity contribution in [3.8, 4) is 11.3 Å². The Morgan fingerprint density at radius 2 is 1.80 bits per heavy atom. The minimum Gasteiger partial charge on any atom is -0.458 e. The number of ether oxygens (including phenoxy) is 5. The topological polar surface area (TPSA) is 193 Å². The molecule has 1 aromatic heterocycles. The van der Waals surface area contributed by atoms with E-state index in [2.05, 4.69) is 15.6 Å². The molecule has 1 aromatic carbocycles. The predicted octanol–water partition coefficient (Wildman–Crippen LogP) is 4.38. The summed E-state index contributed by atoms with van der Waals surface area (Å²) in [5.74, 6) is -3.64. The Kier molecular flexibility index (Phi) is 15.1. The molecule has 5 rings (SSSR count). The molecule has 60 heavy (non-hydrogen) atoms. The SMILES string of the molecule is CC[C@H]1OC(=O)[C@H](C)C(=O)[C@H](C)[C@@H](O[C@@H]2OC(C)CC(N(C)C)C2O)[C@](C)(OC)CC(C)(F)CN[C@H](C)[C@H]2N(CCCCn3cc(-c4cccc(N)c4)nn3)C(=O)O[C@]12C. The molecule has 0 radical (unpaired) electrons. The molecule has 16 nitrogen and oxygen atoms in total. The fourth-order valence-electron chi connectivity index (χ4n) is 9.44. The average molecular weight is 846 g/mol. The largest absolute Gasteiger partial charge is 0.458 e. The summed E-state index contributed by atoms with van der Waals surface area (Å²) < 4.78 is 49.9. The van der Waals surface area contributed by atoms with Crippen LogP contribution in [0.5, 0.6) is 0 Å². The number of alkyl halides is 1. The lowest BCUT2D eigenvalue weighted by Crippen LogP contribution is -2.62. The van der Waals surface area contributed by atoms with Crippen LogP contribution in [-0.2, 0) is 39.8 Å². The Balaban J connectivity index is 1.40. The van der Waals surface area contributed by atoms with Gasteiger partial charge in [-0.15, -0.1) is 5.10 Å². The summed E-state index contributed by atoms with van der Waals surface area (Å²) in [4.78, 5) is 45.7. The van der Waals surface area contributed by atoms with Crippen molar-refractivity contribution in [2.45, 2.75) is 160 Å². The summed E-state index contributed by atoms with van der Waals surface area (Å²) in [6.07, 6.45) is -1.61. The summed E-state index contributed by atoms with van der Waals surface area (Å²) in [6, 6.07) is 5.85. The molecule has 4 unspecified atom stereocenters. The number of likely N-dealkylation sites (N-methyl/N-ethyl adjacent to an activating group) is 1. The molecule has 336 valence electrons. The van der Waals surface area contributed by atoms with Crippen molar-refractivity contribution in [3.63, 3.8) is 0 Å². The maximum absolute atomic E-state index is 17.1. The summed E-state index contributed by atoms with van der Waals surface area (Å²) in [5.41, 5.74) is 3.35. The van der Waals surface area contributed by atoms with E-state index < -0.39 is 83.2 Å². The Morgan fingerprint density at radius 1 is 1.10 bits per heavy atom. The van der Waals surface area contributed by atoms with Gasteiger partial charge in [-0.1, -0.05) is 31.2 Å². The van der Waals surface area contributed by atoms with Crippen molar-refractivity contribution in [1.29, 1.82) is 0 Å². The molecule has 4 heterocycles. The number of Topliss-reactive ketones (excluding diaryl/α,β-unsaturated/α-hetero) is 1.